The van der Waals surface area contributed by atoms with E-state index in [0.29, 0.717) is 0 Å². The molecule has 2 aromatic heterocycles. The Balaban J connectivity index is 2.19. The van der Waals surface area contributed by atoms with Gasteiger partial charge in [-0.2, -0.15) is 32.8 Å². The van der Waals surface area contributed by atoms with Crippen molar-refractivity contribution in [2.75, 3.05) is 0 Å². The summed E-state index contributed by atoms with van der Waals surface area (Å²) in [5.74, 6) is 0.0858. The average Bonchev–Trinajstić information content (AvgIpc) is 2.86. The molecular formula is C10H5Cl2F3N6. The van der Waals surface area contributed by atoms with E-state index in [9.17, 15) is 13.2 Å². The van der Waals surface area contributed by atoms with Gasteiger partial charge in [-0.25, -0.2) is 0 Å². The van der Waals surface area contributed by atoms with Crippen molar-refractivity contribution in [1.29, 1.82) is 0 Å². The van der Waals surface area contributed by atoms with Gasteiger partial charge in [-0.05, 0) is 6.08 Å². The summed E-state index contributed by atoms with van der Waals surface area (Å²) in [5, 5.41) is 3.44. The summed E-state index contributed by atoms with van der Waals surface area (Å²) in [7, 11) is 0. The van der Waals surface area contributed by atoms with Crippen molar-refractivity contribution in [1.82, 2.24) is 24.5 Å². The Kier molecular flexibility index (Phi) is 3.25. The summed E-state index contributed by atoms with van der Waals surface area (Å²) < 4.78 is 40.2. The molecule has 0 bridgehead atoms. The van der Waals surface area contributed by atoms with Gasteiger partial charge in [0.15, 0.2) is 6.17 Å². The molecule has 1 atom stereocenters. The molecule has 3 rings (SSSR count). The first-order valence-electron chi connectivity index (χ1n) is 5.49. The Morgan fingerprint density at radius 1 is 1.24 bits per heavy atom. The van der Waals surface area contributed by atoms with Gasteiger partial charge in [-0.1, -0.05) is 23.2 Å². The minimum atomic E-state index is -4.65. The zero-order chi connectivity index (χ0) is 15.2. The van der Waals surface area contributed by atoms with Crippen LogP contribution >= 0.6 is 23.2 Å². The van der Waals surface area contributed by atoms with Crippen LogP contribution in [0, 0.1) is 0 Å². The molecule has 0 radical (unpaired) electrons. The van der Waals surface area contributed by atoms with Gasteiger partial charge in [0.05, 0.1) is 5.56 Å². The molecule has 3 heterocycles. The predicted octanol–water partition coefficient (Wildman–Crippen LogP) is 2.85. The van der Waals surface area contributed by atoms with E-state index >= 15 is 0 Å². The highest BCUT2D eigenvalue weighted by Crippen LogP contribution is 2.39. The van der Waals surface area contributed by atoms with E-state index < -0.39 is 12.5 Å². The summed E-state index contributed by atoms with van der Waals surface area (Å²) in [5.41, 5.74) is -0.103. The lowest BCUT2D eigenvalue weighted by molar-refractivity contribution is -0.240. The number of fused-ring (bicyclic) bond motifs is 1. The standard InChI is InChI=1S/C10H5Cl2F3N6/c11-6-5(7(12)21-9(19-6)17-4-18-21)8-16-2-1-3-20(8)10(13,14)15/h1-4,8H. The van der Waals surface area contributed by atoms with Gasteiger partial charge in [0.2, 0.25) is 0 Å². The topological polar surface area (TPSA) is 58.7 Å². The number of rotatable bonds is 1. The van der Waals surface area contributed by atoms with Crippen molar-refractivity contribution in [3.8, 4) is 0 Å². The highest BCUT2D eigenvalue weighted by atomic mass is 35.5. The number of allylic oxidation sites excluding steroid dienone is 1. The fourth-order valence-corrected chi connectivity index (χ4v) is 2.48. The molecule has 0 spiro atoms. The molecule has 2 aromatic rings. The average molecular weight is 337 g/mol. The van der Waals surface area contributed by atoms with Crippen LogP contribution < -0.4 is 0 Å². The smallest absolute Gasteiger partial charge is 0.264 e. The number of halogens is 5. The lowest BCUT2D eigenvalue weighted by Crippen LogP contribution is -2.37. The Bertz CT molecular complexity index is 753. The van der Waals surface area contributed by atoms with Crippen LogP contribution in [0.15, 0.2) is 23.6 Å². The Labute approximate surface area is 125 Å². The van der Waals surface area contributed by atoms with Gasteiger partial charge in [-0.3, -0.25) is 9.89 Å². The van der Waals surface area contributed by atoms with E-state index in [0.717, 1.165) is 16.8 Å². The molecule has 0 saturated carbocycles. The number of aromatic nitrogens is 4. The van der Waals surface area contributed by atoms with Crippen molar-refractivity contribution in [2.24, 2.45) is 4.99 Å². The first-order valence-corrected chi connectivity index (χ1v) is 6.25. The fourth-order valence-electron chi connectivity index (χ4n) is 1.86. The molecule has 110 valence electrons. The molecular weight excluding hydrogens is 332 g/mol. The summed E-state index contributed by atoms with van der Waals surface area (Å²) >= 11 is 12.0. The number of hydrogen-bond acceptors (Lipinski definition) is 5. The van der Waals surface area contributed by atoms with Crippen molar-refractivity contribution in [3.63, 3.8) is 0 Å². The lowest BCUT2D eigenvalue weighted by Gasteiger charge is -2.31. The van der Waals surface area contributed by atoms with Crippen molar-refractivity contribution < 1.29 is 13.2 Å². The quantitative estimate of drug-likeness (QED) is 0.593. The van der Waals surface area contributed by atoms with Crippen molar-refractivity contribution in [2.45, 2.75) is 12.5 Å². The fraction of sp³-hybridized carbons (Fsp3) is 0.200. The lowest BCUT2D eigenvalue weighted by atomic mass is 10.2. The molecule has 1 aliphatic heterocycles. The van der Waals surface area contributed by atoms with Crippen LogP contribution in [0.4, 0.5) is 13.2 Å². The summed E-state index contributed by atoms with van der Waals surface area (Å²) in [6.45, 7) is 0. The number of hydrogen-bond donors (Lipinski definition) is 0. The number of alkyl halides is 3. The second-order valence-corrected chi connectivity index (χ2v) is 4.68. The zero-order valence-electron chi connectivity index (χ0n) is 9.96. The van der Waals surface area contributed by atoms with Crippen molar-refractivity contribution in [3.05, 3.63) is 34.5 Å². The summed E-state index contributed by atoms with van der Waals surface area (Å²) in [6.07, 6.45) is -1.73. The number of aliphatic imine (C=N–C) groups is 1. The largest absolute Gasteiger partial charge is 0.486 e. The number of nitrogens with zero attached hydrogens (tertiary/aromatic N) is 6. The van der Waals surface area contributed by atoms with Gasteiger partial charge in [-0.15, -0.1) is 0 Å². The highest BCUT2D eigenvalue weighted by molar-refractivity contribution is 6.35. The van der Waals surface area contributed by atoms with Crippen LogP contribution in [0.5, 0.6) is 0 Å². The molecule has 0 fully saturated rings. The molecule has 0 aliphatic carbocycles. The van der Waals surface area contributed by atoms with Crippen LogP contribution in [0.1, 0.15) is 11.7 Å². The predicted molar refractivity (Wildman–Crippen MR) is 69.1 cm³/mol. The Hall–Kier alpha value is -1.87. The van der Waals surface area contributed by atoms with E-state index in [1.165, 1.54) is 12.5 Å². The molecule has 0 N–H and O–H groups in total. The summed E-state index contributed by atoms with van der Waals surface area (Å²) in [4.78, 5) is 11.5. The van der Waals surface area contributed by atoms with Crippen molar-refractivity contribution >= 4 is 35.2 Å². The molecule has 21 heavy (non-hydrogen) atoms. The van der Waals surface area contributed by atoms with E-state index in [-0.39, 0.29) is 26.5 Å². The Morgan fingerprint density at radius 3 is 2.71 bits per heavy atom. The molecule has 0 saturated heterocycles. The second-order valence-electron chi connectivity index (χ2n) is 3.97. The van der Waals surface area contributed by atoms with Crippen LogP contribution in [-0.2, 0) is 0 Å². The molecule has 11 heteroatoms. The van der Waals surface area contributed by atoms with Crippen LogP contribution in [0.3, 0.4) is 0 Å². The van der Waals surface area contributed by atoms with E-state index in [4.69, 9.17) is 23.2 Å². The summed E-state index contributed by atoms with van der Waals surface area (Å²) in [6, 6.07) is 0. The van der Waals surface area contributed by atoms with Gasteiger partial charge >= 0.3 is 6.30 Å². The zero-order valence-corrected chi connectivity index (χ0v) is 11.5. The highest BCUT2D eigenvalue weighted by Gasteiger charge is 2.43. The molecule has 1 aliphatic rings. The van der Waals surface area contributed by atoms with E-state index in [2.05, 4.69) is 20.1 Å². The molecule has 1 unspecified atom stereocenters. The van der Waals surface area contributed by atoms with Crippen LogP contribution in [0.2, 0.25) is 10.3 Å². The van der Waals surface area contributed by atoms with Gasteiger partial charge in [0.25, 0.3) is 5.78 Å². The SMILES string of the molecule is FC(F)(F)N1C=CC=NC1c1c(Cl)nc2ncnn2c1Cl. The molecule has 6 nitrogen and oxygen atoms in total. The maximum Gasteiger partial charge on any atom is 0.486 e. The third-order valence-electron chi connectivity index (χ3n) is 2.73. The first kappa shape index (κ1) is 14.1. The first-order chi connectivity index (χ1) is 9.89. The molecule has 0 aromatic carbocycles. The molecule has 0 amide bonds. The second kappa shape index (κ2) is 4.85. The van der Waals surface area contributed by atoms with Gasteiger partial charge in [0, 0.05) is 12.4 Å². The van der Waals surface area contributed by atoms with Crippen LogP contribution in [-0.4, -0.2) is 37.0 Å². The normalized spacial score (nSPS) is 18.7. The minimum absolute atomic E-state index is 0.0739. The maximum atomic E-state index is 13.1. The third-order valence-corrected chi connectivity index (χ3v) is 3.38. The van der Waals surface area contributed by atoms with Gasteiger partial charge in [0.1, 0.15) is 16.6 Å². The Morgan fingerprint density at radius 2 is 2.00 bits per heavy atom. The van der Waals surface area contributed by atoms with E-state index in [1.807, 2.05) is 0 Å². The maximum absolute atomic E-state index is 13.1. The van der Waals surface area contributed by atoms with Crippen LogP contribution in [0.25, 0.3) is 5.78 Å². The third kappa shape index (κ3) is 2.32. The minimum Gasteiger partial charge on any atom is -0.264 e. The monoisotopic (exact) mass is 336 g/mol. The van der Waals surface area contributed by atoms with Gasteiger partial charge < -0.3 is 0 Å². The van der Waals surface area contributed by atoms with E-state index in [1.54, 1.807) is 0 Å².